The van der Waals surface area contributed by atoms with Crippen LogP contribution in [0.2, 0.25) is 0 Å². The van der Waals surface area contributed by atoms with Crippen LogP contribution in [0.3, 0.4) is 0 Å². The summed E-state index contributed by atoms with van der Waals surface area (Å²) in [7, 11) is -3.83. The van der Waals surface area contributed by atoms with Crippen molar-refractivity contribution in [3.8, 4) is 0 Å². The van der Waals surface area contributed by atoms with Crippen LogP contribution in [0.25, 0.3) is 0 Å². The summed E-state index contributed by atoms with van der Waals surface area (Å²) in [5.41, 5.74) is 0.296. The van der Waals surface area contributed by atoms with Gasteiger partial charge < -0.3 is 4.98 Å². The maximum atomic E-state index is 12.1. The van der Waals surface area contributed by atoms with Gasteiger partial charge in [-0.05, 0) is 12.5 Å². The van der Waals surface area contributed by atoms with E-state index in [1.165, 1.54) is 18.5 Å². The molecule has 0 saturated carbocycles. The minimum Gasteiger partial charge on any atom is -0.366 e. The van der Waals surface area contributed by atoms with Crippen molar-refractivity contribution >= 4 is 10.0 Å². The van der Waals surface area contributed by atoms with E-state index >= 15 is 0 Å². The quantitative estimate of drug-likeness (QED) is 0.887. The van der Waals surface area contributed by atoms with Crippen molar-refractivity contribution in [3.05, 3.63) is 64.6 Å². The number of aromatic nitrogens is 1. The summed E-state index contributed by atoms with van der Waals surface area (Å²) < 4.78 is 26.7. The molecule has 0 saturated heterocycles. The van der Waals surface area contributed by atoms with E-state index in [0.717, 1.165) is 5.56 Å². The van der Waals surface area contributed by atoms with Gasteiger partial charge in [-0.15, -0.1) is 0 Å². The highest BCUT2D eigenvalue weighted by Gasteiger charge is 2.20. The van der Waals surface area contributed by atoms with Gasteiger partial charge >= 0.3 is 0 Å². The van der Waals surface area contributed by atoms with Gasteiger partial charge in [-0.1, -0.05) is 30.3 Å². The summed E-state index contributed by atoms with van der Waals surface area (Å²) in [6, 6.07) is 9.93. The number of nitrogens with one attached hydrogen (secondary N) is 2. The molecule has 5 nitrogen and oxygen atoms in total. The summed E-state index contributed by atoms with van der Waals surface area (Å²) in [6.07, 6.45) is 2.57. The molecule has 0 aliphatic carbocycles. The zero-order valence-corrected chi connectivity index (χ0v) is 11.1. The summed E-state index contributed by atoms with van der Waals surface area (Å²) in [5.74, 6) is 0. The minimum absolute atomic E-state index is 0.280. The molecule has 19 heavy (non-hydrogen) atoms. The Bertz CT molecular complexity index is 708. The van der Waals surface area contributed by atoms with Crippen molar-refractivity contribution in [2.24, 2.45) is 0 Å². The lowest BCUT2D eigenvalue weighted by Gasteiger charge is -2.14. The Balaban J connectivity index is 2.28. The van der Waals surface area contributed by atoms with E-state index < -0.39 is 21.5 Å². The normalized spacial score (nSPS) is 13.1. The number of H-pyrrole nitrogens is 1. The third-order valence-electron chi connectivity index (χ3n) is 2.71. The predicted molar refractivity (Wildman–Crippen MR) is 72.2 cm³/mol. The summed E-state index contributed by atoms with van der Waals surface area (Å²) in [6.45, 7) is 1.73. The molecular weight excluding hydrogens is 264 g/mol. The third kappa shape index (κ3) is 3.10. The highest BCUT2D eigenvalue weighted by Crippen LogP contribution is 2.14. The molecule has 6 heteroatoms. The van der Waals surface area contributed by atoms with E-state index in [1.54, 1.807) is 6.92 Å². The molecule has 1 atom stereocenters. The molecule has 0 unspecified atom stereocenters. The number of hydrogen-bond donors (Lipinski definition) is 2. The first-order valence-corrected chi connectivity index (χ1v) is 7.23. The molecule has 0 bridgehead atoms. The van der Waals surface area contributed by atoms with Crippen LogP contribution < -0.4 is 10.2 Å². The van der Waals surface area contributed by atoms with Gasteiger partial charge in [0.05, 0.1) is 0 Å². The fraction of sp³-hybridized carbons (Fsp3) is 0.154. The summed E-state index contributed by atoms with van der Waals surface area (Å²) in [4.78, 5) is 13.9. The first-order valence-electron chi connectivity index (χ1n) is 5.75. The second-order valence-corrected chi connectivity index (χ2v) is 5.81. The summed E-state index contributed by atoms with van der Waals surface area (Å²) >= 11 is 0. The number of sulfonamides is 1. The van der Waals surface area contributed by atoms with Gasteiger partial charge in [-0.2, -0.15) is 0 Å². The Morgan fingerprint density at radius 1 is 1.16 bits per heavy atom. The van der Waals surface area contributed by atoms with E-state index in [2.05, 4.69) is 9.71 Å². The van der Waals surface area contributed by atoms with Crippen LogP contribution in [0.5, 0.6) is 0 Å². The molecule has 2 N–H and O–H groups in total. The summed E-state index contributed by atoms with van der Waals surface area (Å²) in [5, 5.41) is 0. The van der Waals surface area contributed by atoms with Gasteiger partial charge in [0.1, 0.15) is 4.90 Å². The molecular formula is C13H14N2O3S. The van der Waals surface area contributed by atoms with Gasteiger partial charge in [0.2, 0.25) is 15.5 Å². The van der Waals surface area contributed by atoms with Crippen LogP contribution in [-0.4, -0.2) is 13.4 Å². The number of pyridine rings is 1. The van der Waals surface area contributed by atoms with Gasteiger partial charge in [0, 0.05) is 24.5 Å². The molecule has 1 heterocycles. The molecule has 100 valence electrons. The zero-order valence-electron chi connectivity index (χ0n) is 10.3. The van der Waals surface area contributed by atoms with Crippen LogP contribution in [0.4, 0.5) is 0 Å². The van der Waals surface area contributed by atoms with Crippen LogP contribution in [0.15, 0.2) is 58.5 Å². The number of benzene rings is 1. The lowest BCUT2D eigenvalue weighted by Crippen LogP contribution is -2.30. The van der Waals surface area contributed by atoms with E-state index in [-0.39, 0.29) is 4.90 Å². The highest BCUT2D eigenvalue weighted by atomic mass is 32.2. The minimum atomic E-state index is -3.83. The molecule has 0 aliphatic rings. The Labute approximate surface area is 111 Å². The molecule has 0 aliphatic heterocycles. The van der Waals surface area contributed by atoms with E-state index in [9.17, 15) is 13.2 Å². The predicted octanol–water partition coefficient (Wildman–Crippen LogP) is 1.41. The molecule has 0 amide bonds. The molecule has 2 rings (SSSR count). The first-order chi connectivity index (χ1) is 9.00. The Kier molecular flexibility index (Phi) is 3.82. The lowest BCUT2D eigenvalue weighted by atomic mass is 10.1. The van der Waals surface area contributed by atoms with Crippen molar-refractivity contribution in [2.45, 2.75) is 17.9 Å². The topological polar surface area (TPSA) is 79.0 Å². The lowest BCUT2D eigenvalue weighted by molar-refractivity contribution is 0.565. The van der Waals surface area contributed by atoms with Crippen LogP contribution in [0.1, 0.15) is 18.5 Å². The van der Waals surface area contributed by atoms with Crippen molar-refractivity contribution < 1.29 is 8.42 Å². The molecule has 1 aromatic carbocycles. The van der Waals surface area contributed by atoms with Gasteiger partial charge in [-0.25, -0.2) is 13.1 Å². The number of aromatic amines is 1. The van der Waals surface area contributed by atoms with Gasteiger partial charge in [0.25, 0.3) is 0 Å². The molecule has 1 aromatic heterocycles. The maximum absolute atomic E-state index is 12.1. The van der Waals surface area contributed by atoms with Crippen molar-refractivity contribution in [3.63, 3.8) is 0 Å². The van der Waals surface area contributed by atoms with Gasteiger partial charge in [0.15, 0.2) is 0 Å². The zero-order chi connectivity index (χ0) is 13.9. The van der Waals surface area contributed by atoms with Crippen LogP contribution >= 0.6 is 0 Å². The van der Waals surface area contributed by atoms with Crippen LogP contribution in [0, 0.1) is 0 Å². The third-order valence-corrected chi connectivity index (χ3v) is 4.27. The van der Waals surface area contributed by atoms with E-state index in [4.69, 9.17) is 0 Å². The Hall–Kier alpha value is -1.92. The largest absolute Gasteiger partial charge is 0.366 e. The Morgan fingerprint density at radius 3 is 2.47 bits per heavy atom. The average molecular weight is 278 g/mol. The fourth-order valence-corrected chi connectivity index (χ4v) is 3.00. The molecule has 0 radical (unpaired) electrons. The SMILES string of the molecule is C[C@H](NS(=O)(=O)c1c[nH]ccc1=O)c1ccccc1. The van der Waals surface area contributed by atoms with Crippen molar-refractivity contribution in [2.75, 3.05) is 0 Å². The first kappa shape index (κ1) is 13.5. The van der Waals surface area contributed by atoms with E-state index in [0.29, 0.717) is 0 Å². The maximum Gasteiger partial charge on any atom is 0.246 e. The van der Waals surface area contributed by atoms with Crippen LogP contribution in [-0.2, 0) is 10.0 Å². The monoisotopic (exact) mass is 278 g/mol. The van der Waals surface area contributed by atoms with Gasteiger partial charge in [-0.3, -0.25) is 4.79 Å². The number of hydrogen-bond acceptors (Lipinski definition) is 3. The molecule has 0 spiro atoms. The molecule has 0 fully saturated rings. The van der Waals surface area contributed by atoms with Crippen molar-refractivity contribution in [1.82, 2.24) is 9.71 Å². The average Bonchev–Trinajstić information content (AvgIpc) is 2.39. The van der Waals surface area contributed by atoms with E-state index in [1.807, 2.05) is 30.3 Å². The van der Waals surface area contributed by atoms with Crippen molar-refractivity contribution in [1.29, 1.82) is 0 Å². The smallest absolute Gasteiger partial charge is 0.246 e. The Morgan fingerprint density at radius 2 is 1.84 bits per heavy atom. The fourth-order valence-electron chi connectivity index (χ4n) is 1.72. The number of rotatable bonds is 4. The standard InChI is InChI=1S/C13H14N2O3S/c1-10(11-5-3-2-4-6-11)15-19(17,18)13-9-14-8-7-12(13)16/h2-10,15H,1H3,(H,14,16)/t10-/m0/s1. The molecule has 2 aromatic rings. The highest BCUT2D eigenvalue weighted by molar-refractivity contribution is 7.89. The second-order valence-electron chi connectivity index (χ2n) is 4.13. The second kappa shape index (κ2) is 5.38.